The lowest BCUT2D eigenvalue weighted by molar-refractivity contribution is 1.04. The van der Waals surface area contributed by atoms with Gasteiger partial charge in [0.2, 0.25) is 0 Å². The summed E-state index contributed by atoms with van der Waals surface area (Å²) in [7, 11) is 0. The molecule has 2 aliphatic rings. The Morgan fingerprint density at radius 2 is 2.22 bits per heavy atom. The van der Waals surface area contributed by atoms with Gasteiger partial charge in [-0.05, 0) is 30.4 Å². The molecular weight excluding hydrogens is 108 g/mol. The van der Waals surface area contributed by atoms with Crippen LogP contribution >= 0.6 is 0 Å². The zero-order valence-corrected chi connectivity index (χ0v) is 5.43. The van der Waals surface area contributed by atoms with Crippen LogP contribution in [0.1, 0.15) is 19.3 Å². The standard InChI is InChI=1S/C9H10/c1-2-5-9-7-3-6-8(9)4-1/h1,4-6H,2-3,7H2. The molecule has 0 atom stereocenters. The zero-order valence-electron chi connectivity index (χ0n) is 5.43. The lowest BCUT2D eigenvalue weighted by Gasteiger charge is -2.03. The molecule has 0 nitrogen and oxygen atoms in total. The minimum absolute atomic E-state index is 1.15. The maximum atomic E-state index is 2.33. The summed E-state index contributed by atoms with van der Waals surface area (Å²) in [6.45, 7) is 0. The molecule has 0 radical (unpaired) electrons. The highest BCUT2D eigenvalue weighted by Crippen LogP contribution is 2.28. The largest absolute Gasteiger partial charge is 0.0801 e. The van der Waals surface area contributed by atoms with Gasteiger partial charge in [-0.1, -0.05) is 24.3 Å². The quantitative estimate of drug-likeness (QED) is 0.458. The van der Waals surface area contributed by atoms with Crippen LogP contribution in [0.3, 0.4) is 0 Å². The van der Waals surface area contributed by atoms with Crippen molar-refractivity contribution in [1.82, 2.24) is 0 Å². The fraction of sp³-hybridized carbons (Fsp3) is 0.333. The lowest BCUT2D eigenvalue weighted by Crippen LogP contribution is -1.83. The summed E-state index contributed by atoms with van der Waals surface area (Å²) in [5.41, 5.74) is 3.04. The average Bonchev–Trinajstić information content (AvgIpc) is 2.33. The third kappa shape index (κ3) is 0.748. The van der Waals surface area contributed by atoms with E-state index in [4.69, 9.17) is 0 Å². The second-order valence-electron chi connectivity index (χ2n) is 2.57. The normalized spacial score (nSPS) is 23.1. The molecule has 0 aromatic heterocycles. The predicted octanol–water partition coefficient (Wildman–Crippen LogP) is 2.59. The van der Waals surface area contributed by atoms with Crippen LogP contribution in [0.2, 0.25) is 0 Å². The molecular formula is C9H10. The highest BCUT2D eigenvalue weighted by Gasteiger charge is 2.09. The molecule has 0 aliphatic heterocycles. The predicted molar refractivity (Wildman–Crippen MR) is 39.2 cm³/mol. The number of allylic oxidation sites excluding steroid dienone is 6. The van der Waals surface area contributed by atoms with Gasteiger partial charge in [0.05, 0.1) is 0 Å². The Morgan fingerprint density at radius 3 is 3.11 bits per heavy atom. The highest BCUT2D eigenvalue weighted by atomic mass is 14.1. The summed E-state index contributed by atoms with van der Waals surface area (Å²) in [5, 5.41) is 0. The number of hydrogen-bond acceptors (Lipinski definition) is 0. The van der Waals surface area contributed by atoms with Crippen LogP contribution in [-0.2, 0) is 0 Å². The van der Waals surface area contributed by atoms with Crippen molar-refractivity contribution in [3.63, 3.8) is 0 Å². The lowest BCUT2D eigenvalue weighted by atomic mass is 10.0. The van der Waals surface area contributed by atoms with E-state index in [1.54, 1.807) is 5.57 Å². The number of rotatable bonds is 0. The maximum absolute atomic E-state index is 2.33. The van der Waals surface area contributed by atoms with Crippen LogP contribution in [0.25, 0.3) is 0 Å². The van der Waals surface area contributed by atoms with Crippen molar-refractivity contribution in [3.05, 3.63) is 35.5 Å². The summed E-state index contributed by atoms with van der Waals surface area (Å²) in [6.07, 6.45) is 12.8. The van der Waals surface area contributed by atoms with E-state index >= 15 is 0 Å². The Morgan fingerprint density at radius 1 is 1.22 bits per heavy atom. The van der Waals surface area contributed by atoms with Gasteiger partial charge in [-0.2, -0.15) is 0 Å². The summed E-state index contributed by atoms with van der Waals surface area (Å²) in [5.74, 6) is 0. The molecule has 9 heavy (non-hydrogen) atoms. The third-order valence-electron chi connectivity index (χ3n) is 1.95. The molecule has 0 unspecified atom stereocenters. The van der Waals surface area contributed by atoms with E-state index in [9.17, 15) is 0 Å². The van der Waals surface area contributed by atoms with E-state index < -0.39 is 0 Å². The van der Waals surface area contributed by atoms with Gasteiger partial charge in [-0.25, -0.2) is 0 Å². The fourth-order valence-corrected chi connectivity index (χ4v) is 1.46. The summed E-state index contributed by atoms with van der Waals surface area (Å²) >= 11 is 0. The molecule has 0 bridgehead atoms. The van der Waals surface area contributed by atoms with E-state index in [2.05, 4.69) is 24.3 Å². The van der Waals surface area contributed by atoms with Gasteiger partial charge in [0.25, 0.3) is 0 Å². The fourth-order valence-electron chi connectivity index (χ4n) is 1.46. The van der Waals surface area contributed by atoms with E-state index in [1.807, 2.05) is 0 Å². The van der Waals surface area contributed by atoms with Crippen LogP contribution < -0.4 is 0 Å². The van der Waals surface area contributed by atoms with Crippen LogP contribution in [-0.4, -0.2) is 0 Å². The smallest absolute Gasteiger partial charge is 0.0160 e. The molecule has 0 aromatic rings. The Labute approximate surface area is 55.6 Å². The van der Waals surface area contributed by atoms with Crippen molar-refractivity contribution < 1.29 is 0 Å². The van der Waals surface area contributed by atoms with Crippen molar-refractivity contribution in [3.8, 4) is 0 Å². The summed E-state index contributed by atoms with van der Waals surface area (Å²) in [4.78, 5) is 0. The monoisotopic (exact) mass is 118 g/mol. The minimum atomic E-state index is 1.15. The van der Waals surface area contributed by atoms with E-state index in [0.29, 0.717) is 0 Å². The van der Waals surface area contributed by atoms with Crippen molar-refractivity contribution in [2.75, 3.05) is 0 Å². The first kappa shape index (κ1) is 5.04. The van der Waals surface area contributed by atoms with Crippen molar-refractivity contribution >= 4 is 0 Å². The molecule has 0 N–H and O–H groups in total. The minimum Gasteiger partial charge on any atom is -0.0801 e. The molecule has 0 aromatic carbocycles. The summed E-state index contributed by atoms with van der Waals surface area (Å²) in [6, 6.07) is 0. The van der Waals surface area contributed by atoms with Gasteiger partial charge in [0.1, 0.15) is 0 Å². The second-order valence-corrected chi connectivity index (χ2v) is 2.57. The van der Waals surface area contributed by atoms with Crippen molar-refractivity contribution in [2.45, 2.75) is 19.3 Å². The van der Waals surface area contributed by atoms with E-state index in [0.717, 1.165) is 6.42 Å². The molecule has 2 aliphatic carbocycles. The van der Waals surface area contributed by atoms with Crippen LogP contribution in [0.5, 0.6) is 0 Å². The Hall–Kier alpha value is -0.780. The van der Waals surface area contributed by atoms with Crippen molar-refractivity contribution in [2.24, 2.45) is 0 Å². The first-order valence-corrected chi connectivity index (χ1v) is 3.53. The third-order valence-corrected chi connectivity index (χ3v) is 1.95. The van der Waals surface area contributed by atoms with Crippen LogP contribution in [0, 0.1) is 0 Å². The van der Waals surface area contributed by atoms with E-state index in [-0.39, 0.29) is 0 Å². The molecule has 0 heterocycles. The maximum Gasteiger partial charge on any atom is -0.0160 e. The Kier molecular flexibility index (Phi) is 1.05. The molecule has 0 heteroatoms. The molecule has 0 amide bonds. The second kappa shape index (κ2) is 1.87. The molecule has 0 saturated carbocycles. The van der Waals surface area contributed by atoms with Gasteiger partial charge < -0.3 is 0 Å². The zero-order chi connectivity index (χ0) is 6.10. The van der Waals surface area contributed by atoms with Gasteiger partial charge in [-0.3, -0.25) is 0 Å². The molecule has 0 spiro atoms. The number of hydrogen-bond donors (Lipinski definition) is 0. The Balaban J connectivity index is 2.37. The van der Waals surface area contributed by atoms with Crippen LogP contribution in [0.4, 0.5) is 0 Å². The van der Waals surface area contributed by atoms with Gasteiger partial charge in [0.15, 0.2) is 0 Å². The van der Waals surface area contributed by atoms with E-state index in [1.165, 1.54) is 18.4 Å². The van der Waals surface area contributed by atoms with Gasteiger partial charge in [-0.15, -0.1) is 0 Å². The summed E-state index contributed by atoms with van der Waals surface area (Å²) < 4.78 is 0. The SMILES string of the molecule is C1=CC2=CCCC2=CC1. The molecule has 0 saturated heterocycles. The Bertz CT molecular complexity index is 204. The first-order chi connectivity index (χ1) is 4.47. The molecule has 2 rings (SSSR count). The first-order valence-electron chi connectivity index (χ1n) is 3.53. The highest BCUT2D eigenvalue weighted by molar-refractivity contribution is 5.46. The topological polar surface area (TPSA) is 0 Å². The average molecular weight is 118 g/mol. The number of fused-ring (bicyclic) bond motifs is 1. The van der Waals surface area contributed by atoms with Gasteiger partial charge >= 0.3 is 0 Å². The van der Waals surface area contributed by atoms with Crippen molar-refractivity contribution in [1.29, 1.82) is 0 Å². The molecule has 46 valence electrons. The molecule has 0 fully saturated rings. The van der Waals surface area contributed by atoms with Crippen LogP contribution in [0.15, 0.2) is 35.5 Å². The van der Waals surface area contributed by atoms with Gasteiger partial charge in [0, 0.05) is 0 Å².